The normalized spacial score (nSPS) is 18.8. The van der Waals surface area contributed by atoms with Gasteiger partial charge in [-0.2, -0.15) is 11.8 Å². The van der Waals surface area contributed by atoms with E-state index < -0.39 is 23.5 Å². The molecule has 2 saturated heterocycles. The Labute approximate surface area is 281 Å². The van der Waals surface area contributed by atoms with Crippen LogP contribution < -0.4 is 24.6 Å². The molecule has 0 unspecified atom stereocenters. The molecule has 2 atom stereocenters. The number of thioether (sulfide) groups is 1. The van der Waals surface area contributed by atoms with Gasteiger partial charge in [-0.15, -0.1) is 13.2 Å². The molecule has 0 bridgehead atoms. The summed E-state index contributed by atoms with van der Waals surface area (Å²) < 4.78 is 72.2. The molecule has 14 nitrogen and oxygen atoms in total. The first kappa shape index (κ1) is 35.5. The topological polar surface area (TPSA) is 151 Å². The summed E-state index contributed by atoms with van der Waals surface area (Å²) in [6.45, 7) is 4.24. The Morgan fingerprint density at radius 2 is 1.90 bits per heavy atom. The van der Waals surface area contributed by atoms with Crippen LogP contribution in [0.25, 0.3) is 0 Å². The molecular formula is C30H32F4N6O8S. The van der Waals surface area contributed by atoms with Crippen LogP contribution in [-0.2, 0) is 27.4 Å². The van der Waals surface area contributed by atoms with Crippen LogP contribution in [0.15, 0.2) is 48.7 Å². The molecule has 2 aromatic carbocycles. The second-order valence-corrected chi connectivity index (χ2v) is 12.2. The van der Waals surface area contributed by atoms with Crippen molar-refractivity contribution < 1.29 is 51.0 Å². The van der Waals surface area contributed by atoms with E-state index in [1.165, 1.54) is 52.9 Å². The number of fused-ring (bicyclic) bond motifs is 1. The highest BCUT2D eigenvalue weighted by molar-refractivity contribution is 7.99. The van der Waals surface area contributed by atoms with E-state index in [-0.39, 0.29) is 61.7 Å². The molecule has 3 aromatic rings. The molecule has 0 spiro atoms. The number of anilines is 2. The third kappa shape index (κ3) is 9.88. The fourth-order valence-electron chi connectivity index (χ4n) is 5.08. The van der Waals surface area contributed by atoms with Crippen molar-refractivity contribution in [2.24, 2.45) is 0 Å². The highest BCUT2D eigenvalue weighted by Gasteiger charge is 2.33. The smallest absolute Gasteiger partial charge is 0.443 e. The molecule has 264 valence electrons. The Morgan fingerprint density at radius 1 is 1.16 bits per heavy atom. The van der Waals surface area contributed by atoms with Crippen LogP contribution in [0.4, 0.5) is 39.5 Å². The molecule has 2 fully saturated rings. The Kier molecular flexibility index (Phi) is 11.3. The fourth-order valence-corrected chi connectivity index (χ4v) is 5.99. The molecule has 1 N–H and O–H groups in total. The van der Waals surface area contributed by atoms with Gasteiger partial charge < -0.3 is 39.3 Å². The number of amides is 2. The largest absolute Gasteiger partial charge is 0.573 e. The first-order valence-corrected chi connectivity index (χ1v) is 16.2. The number of hydrogen-bond donors (Lipinski definition) is 1. The lowest BCUT2D eigenvalue weighted by molar-refractivity contribution is -0.389. The number of alkyl halides is 3. The van der Waals surface area contributed by atoms with Gasteiger partial charge in [0.1, 0.15) is 36.6 Å². The van der Waals surface area contributed by atoms with Crippen molar-refractivity contribution in [3.8, 4) is 11.8 Å². The second-order valence-electron chi connectivity index (χ2n) is 11.0. The van der Waals surface area contributed by atoms with E-state index in [4.69, 9.17) is 14.2 Å². The van der Waals surface area contributed by atoms with Gasteiger partial charge in [-0.3, -0.25) is 14.3 Å². The second kappa shape index (κ2) is 15.6. The summed E-state index contributed by atoms with van der Waals surface area (Å²) in [5.74, 6) is 0.843. The van der Waals surface area contributed by atoms with E-state index in [2.05, 4.69) is 15.0 Å². The Hall–Kier alpha value is -4.78. The predicted molar refractivity (Wildman–Crippen MR) is 168 cm³/mol. The van der Waals surface area contributed by atoms with Crippen LogP contribution in [0, 0.1) is 15.9 Å². The lowest BCUT2D eigenvalue weighted by Gasteiger charge is -2.29. The van der Waals surface area contributed by atoms with Gasteiger partial charge in [0.05, 0.1) is 37.6 Å². The van der Waals surface area contributed by atoms with Crippen molar-refractivity contribution >= 4 is 41.0 Å². The zero-order valence-corrected chi connectivity index (χ0v) is 26.9. The van der Waals surface area contributed by atoms with Crippen molar-refractivity contribution in [3.63, 3.8) is 0 Å². The van der Waals surface area contributed by atoms with Crippen LogP contribution in [0.3, 0.4) is 0 Å². The summed E-state index contributed by atoms with van der Waals surface area (Å²) in [5, 5.41) is 13.3. The van der Waals surface area contributed by atoms with Crippen LogP contribution in [0.5, 0.6) is 11.8 Å². The predicted octanol–water partition coefficient (Wildman–Crippen LogP) is 4.51. The number of nitrogens with one attached hydrogen (secondary N) is 1. The van der Waals surface area contributed by atoms with Gasteiger partial charge in [0.15, 0.2) is 0 Å². The summed E-state index contributed by atoms with van der Waals surface area (Å²) >= 11 is 1.87. The highest BCUT2D eigenvalue weighted by Crippen LogP contribution is 2.29. The minimum Gasteiger partial charge on any atom is -0.443 e. The highest BCUT2D eigenvalue weighted by atomic mass is 32.2. The summed E-state index contributed by atoms with van der Waals surface area (Å²) in [5.41, 5.74) is 1.69. The number of aromatic nitrogens is 2. The quantitative estimate of drug-likeness (QED) is 0.190. The van der Waals surface area contributed by atoms with Gasteiger partial charge in [-0.1, -0.05) is 12.1 Å². The van der Waals surface area contributed by atoms with Gasteiger partial charge in [0.2, 0.25) is 5.91 Å². The van der Waals surface area contributed by atoms with E-state index in [0.717, 1.165) is 24.6 Å². The first-order chi connectivity index (χ1) is 23.3. The monoisotopic (exact) mass is 712 g/mol. The molecule has 0 aliphatic carbocycles. The molecule has 1 aromatic heterocycles. The number of carbonyl (C=O) groups is 2. The van der Waals surface area contributed by atoms with Gasteiger partial charge in [0.25, 0.3) is 0 Å². The lowest BCUT2D eigenvalue weighted by Crippen LogP contribution is -2.34. The number of nitrogens with zero attached hydrogens (tertiary/aromatic N) is 5. The summed E-state index contributed by atoms with van der Waals surface area (Å²) in [7, 11) is 0. The molecule has 49 heavy (non-hydrogen) atoms. The Balaban J connectivity index is 0.000000191. The van der Waals surface area contributed by atoms with Crippen LogP contribution >= 0.6 is 11.8 Å². The van der Waals surface area contributed by atoms with E-state index >= 15 is 0 Å². The third-order valence-corrected chi connectivity index (χ3v) is 8.35. The molecule has 4 heterocycles. The van der Waals surface area contributed by atoms with Gasteiger partial charge in [-0.25, -0.2) is 9.18 Å². The maximum absolute atomic E-state index is 14.5. The van der Waals surface area contributed by atoms with E-state index in [0.29, 0.717) is 23.5 Å². The lowest BCUT2D eigenvalue weighted by atomic mass is 10.2. The maximum Gasteiger partial charge on any atom is 0.573 e. The number of halogens is 4. The van der Waals surface area contributed by atoms with Crippen LogP contribution in [0.2, 0.25) is 0 Å². The summed E-state index contributed by atoms with van der Waals surface area (Å²) in [6, 6.07) is 10.3. The minimum atomic E-state index is -4.73. The molecule has 2 amide bonds. The Bertz CT molecular complexity index is 1640. The fraction of sp³-hybridized carbons (Fsp3) is 0.433. The number of cyclic esters (lactones) is 1. The summed E-state index contributed by atoms with van der Waals surface area (Å²) in [6.07, 6.45) is -4.79. The average molecular weight is 713 g/mol. The number of carbonyl (C=O) groups excluding carboxylic acids is 2. The van der Waals surface area contributed by atoms with Crippen LogP contribution in [0.1, 0.15) is 12.5 Å². The molecule has 3 aliphatic rings. The third-order valence-electron chi connectivity index (χ3n) is 7.40. The summed E-state index contributed by atoms with van der Waals surface area (Å²) in [4.78, 5) is 40.1. The van der Waals surface area contributed by atoms with Gasteiger partial charge in [-0.05, 0) is 40.8 Å². The standard InChI is InChI=1S/C16H20FN3O3S.C14H12F3N3O5/c1-11(21)18-9-13-10-20(16(22)23-13)12-2-3-15(14(17)8-12)19-4-6-24-7-5-19;15-14(16,17)25-10-3-1-9(2-4-10)7-23-11-5-19-6-12(20(21)22)18-13(19)24-8-11/h2-3,8,13H,4-7,9-10H2,1H3,(H,18,21);1-4,6,11H,5,7-8H2/t13-;11-/m00/s1. The van der Waals surface area contributed by atoms with E-state index in [1.54, 1.807) is 12.1 Å². The molecule has 0 saturated carbocycles. The SMILES string of the molecule is CC(=O)NC[C@H]1CN(c2ccc(N3CCSCC3)c(F)c2)C(=O)O1.O=[N+]([O-])c1cn2c(n1)OC[C@@H](OCc1ccc(OC(F)(F)F)cc1)C2. The van der Waals surface area contributed by atoms with Crippen molar-refractivity contribution in [1.29, 1.82) is 0 Å². The molecule has 6 rings (SSSR count). The van der Waals surface area contributed by atoms with Crippen molar-refractivity contribution in [3.05, 3.63) is 70.2 Å². The molecule has 3 aliphatic heterocycles. The number of hydrogen-bond acceptors (Lipinski definition) is 11. The zero-order valence-electron chi connectivity index (χ0n) is 26.1. The van der Waals surface area contributed by atoms with Crippen molar-refractivity contribution in [1.82, 2.24) is 14.9 Å². The van der Waals surface area contributed by atoms with E-state index in [1.807, 2.05) is 16.7 Å². The van der Waals surface area contributed by atoms with Crippen LogP contribution in [-0.4, -0.2) is 89.3 Å². The number of rotatable bonds is 9. The maximum atomic E-state index is 14.5. The Morgan fingerprint density at radius 3 is 2.55 bits per heavy atom. The van der Waals surface area contributed by atoms with Gasteiger partial charge in [0, 0.05) is 36.5 Å². The number of ether oxygens (including phenoxy) is 4. The number of nitro groups is 1. The molecule has 19 heteroatoms. The van der Waals surface area contributed by atoms with Crippen molar-refractivity contribution in [2.45, 2.75) is 38.6 Å². The minimum absolute atomic E-state index is 0.145. The first-order valence-electron chi connectivity index (χ1n) is 15.0. The van der Waals surface area contributed by atoms with E-state index in [9.17, 15) is 37.3 Å². The van der Waals surface area contributed by atoms with Crippen molar-refractivity contribution in [2.75, 3.05) is 54.1 Å². The molecule has 0 radical (unpaired) electrons. The van der Waals surface area contributed by atoms with Gasteiger partial charge >= 0.3 is 24.3 Å². The number of benzene rings is 2. The average Bonchev–Trinajstić information content (AvgIpc) is 3.66. The number of imidazole rings is 1. The molecular weight excluding hydrogens is 680 g/mol. The zero-order chi connectivity index (χ0) is 35.1.